The minimum Gasteiger partial charge on any atom is -0.463 e. The van der Waals surface area contributed by atoms with Crippen molar-refractivity contribution in [2.45, 2.75) is 51.0 Å². The number of carbonyl (C=O) groups excluding carboxylic acids is 1. The molecule has 0 aromatic carbocycles. The SMILES string of the molecule is C=CC(=O)OCCCCCCCCC(CO)OC. The molecule has 0 aliphatic heterocycles. The summed E-state index contributed by atoms with van der Waals surface area (Å²) in [6, 6.07) is 0. The zero-order chi connectivity index (χ0) is 13.6. The zero-order valence-corrected chi connectivity index (χ0v) is 11.4. The van der Waals surface area contributed by atoms with Gasteiger partial charge in [-0.1, -0.05) is 38.7 Å². The van der Waals surface area contributed by atoms with Crippen molar-refractivity contribution in [3.63, 3.8) is 0 Å². The highest BCUT2D eigenvalue weighted by atomic mass is 16.5. The Balaban J connectivity index is 3.16. The Bertz CT molecular complexity index is 212. The van der Waals surface area contributed by atoms with Gasteiger partial charge in [-0.05, 0) is 12.8 Å². The lowest BCUT2D eigenvalue weighted by molar-refractivity contribution is -0.137. The smallest absolute Gasteiger partial charge is 0.330 e. The van der Waals surface area contributed by atoms with Gasteiger partial charge in [-0.3, -0.25) is 0 Å². The number of esters is 1. The van der Waals surface area contributed by atoms with Gasteiger partial charge in [0.1, 0.15) is 0 Å². The maximum Gasteiger partial charge on any atom is 0.330 e. The molecular formula is C14H26O4. The number of unbranched alkanes of at least 4 members (excludes halogenated alkanes) is 5. The van der Waals surface area contributed by atoms with E-state index in [1.54, 1.807) is 7.11 Å². The molecule has 0 aliphatic rings. The third-order valence-corrected chi connectivity index (χ3v) is 2.87. The summed E-state index contributed by atoms with van der Waals surface area (Å²) in [7, 11) is 1.63. The van der Waals surface area contributed by atoms with Crippen LogP contribution in [0.5, 0.6) is 0 Å². The highest BCUT2D eigenvalue weighted by Gasteiger charge is 2.04. The van der Waals surface area contributed by atoms with Crippen LogP contribution >= 0.6 is 0 Å². The number of methoxy groups -OCH3 is 1. The van der Waals surface area contributed by atoms with Crippen LogP contribution in [-0.2, 0) is 14.3 Å². The van der Waals surface area contributed by atoms with Gasteiger partial charge in [-0.15, -0.1) is 0 Å². The van der Waals surface area contributed by atoms with Crippen molar-refractivity contribution in [1.29, 1.82) is 0 Å². The van der Waals surface area contributed by atoms with E-state index in [0.717, 1.165) is 38.5 Å². The van der Waals surface area contributed by atoms with Gasteiger partial charge < -0.3 is 14.6 Å². The van der Waals surface area contributed by atoms with E-state index in [0.29, 0.717) is 6.61 Å². The van der Waals surface area contributed by atoms with Crippen molar-refractivity contribution >= 4 is 5.97 Å². The molecule has 1 N–H and O–H groups in total. The minimum atomic E-state index is -0.343. The first-order valence-electron chi connectivity index (χ1n) is 6.67. The Morgan fingerprint density at radius 3 is 2.39 bits per heavy atom. The largest absolute Gasteiger partial charge is 0.463 e. The van der Waals surface area contributed by atoms with Crippen LogP contribution in [0.4, 0.5) is 0 Å². The number of rotatable bonds is 12. The molecule has 0 saturated heterocycles. The third kappa shape index (κ3) is 10.3. The van der Waals surface area contributed by atoms with Gasteiger partial charge in [0, 0.05) is 13.2 Å². The lowest BCUT2D eigenvalue weighted by Gasteiger charge is -2.11. The Labute approximate surface area is 110 Å². The van der Waals surface area contributed by atoms with E-state index in [2.05, 4.69) is 6.58 Å². The van der Waals surface area contributed by atoms with Gasteiger partial charge in [0.2, 0.25) is 0 Å². The van der Waals surface area contributed by atoms with E-state index in [4.69, 9.17) is 14.6 Å². The monoisotopic (exact) mass is 258 g/mol. The van der Waals surface area contributed by atoms with Gasteiger partial charge in [0.25, 0.3) is 0 Å². The van der Waals surface area contributed by atoms with E-state index in [1.807, 2.05) is 0 Å². The first kappa shape index (κ1) is 17.1. The lowest BCUT2D eigenvalue weighted by Crippen LogP contribution is -2.14. The first-order chi connectivity index (χ1) is 8.74. The third-order valence-electron chi connectivity index (χ3n) is 2.87. The van der Waals surface area contributed by atoms with Crippen LogP contribution in [0, 0.1) is 0 Å². The molecule has 1 unspecified atom stereocenters. The molecule has 0 fully saturated rings. The van der Waals surface area contributed by atoms with Crippen molar-refractivity contribution in [1.82, 2.24) is 0 Å². The fourth-order valence-corrected chi connectivity index (χ4v) is 1.70. The van der Waals surface area contributed by atoms with Crippen LogP contribution in [0.25, 0.3) is 0 Å². The molecule has 0 amide bonds. The molecule has 4 heteroatoms. The van der Waals surface area contributed by atoms with Crippen molar-refractivity contribution in [2.24, 2.45) is 0 Å². The Hall–Kier alpha value is -0.870. The topological polar surface area (TPSA) is 55.8 Å². The molecule has 0 spiro atoms. The molecule has 0 bridgehead atoms. The summed E-state index contributed by atoms with van der Waals surface area (Å²) >= 11 is 0. The number of ether oxygens (including phenoxy) is 2. The molecule has 0 rings (SSSR count). The normalized spacial score (nSPS) is 12.1. The zero-order valence-electron chi connectivity index (χ0n) is 11.4. The van der Waals surface area contributed by atoms with Crippen molar-refractivity contribution < 1.29 is 19.4 Å². The molecule has 0 radical (unpaired) electrons. The van der Waals surface area contributed by atoms with Gasteiger partial charge in [0.05, 0.1) is 19.3 Å². The number of aliphatic hydroxyl groups is 1. The van der Waals surface area contributed by atoms with Crippen LogP contribution in [0.15, 0.2) is 12.7 Å². The predicted octanol–water partition coefficient (Wildman–Crippen LogP) is 2.45. The predicted molar refractivity (Wildman–Crippen MR) is 71.4 cm³/mol. The van der Waals surface area contributed by atoms with Gasteiger partial charge in [0.15, 0.2) is 0 Å². The Morgan fingerprint density at radius 2 is 1.83 bits per heavy atom. The van der Waals surface area contributed by atoms with Crippen LogP contribution in [0.3, 0.4) is 0 Å². The molecule has 0 heterocycles. The molecule has 4 nitrogen and oxygen atoms in total. The van der Waals surface area contributed by atoms with E-state index in [-0.39, 0.29) is 18.7 Å². The summed E-state index contributed by atoms with van der Waals surface area (Å²) in [6.45, 7) is 3.92. The van der Waals surface area contributed by atoms with Crippen molar-refractivity contribution in [3.05, 3.63) is 12.7 Å². The fourth-order valence-electron chi connectivity index (χ4n) is 1.70. The summed E-state index contributed by atoms with van der Waals surface area (Å²) in [6.07, 6.45) is 8.67. The second kappa shape index (κ2) is 12.6. The standard InChI is InChI=1S/C14H26O4/c1-3-14(16)18-11-9-7-5-4-6-8-10-13(12-15)17-2/h3,13,15H,1,4-12H2,2H3. The molecule has 18 heavy (non-hydrogen) atoms. The molecule has 1 atom stereocenters. The molecule has 106 valence electrons. The quantitative estimate of drug-likeness (QED) is 0.332. The molecular weight excluding hydrogens is 232 g/mol. The molecule has 0 aliphatic carbocycles. The fraction of sp³-hybridized carbons (Fsp3) is 0.786. The highest BCUT2D eigenvalue weighted by molar-refractivity contribution is 5.81. The minimum absolute atomic E-state index is 0.0108. The van der Waals surface area contributed by atoms with Crippen molar-refractivity contribution in [2.75, 3.05) is 20.3 Å². The van der Waals surface area contributed by atoms with Crippen LogP contribution in [0.1, 0.15) is 44.9 Å². The number of hydrogen-bond donors (Lipinski definition) is 1. The summed E-state index contributed by atoms with van der Waals surface area (Å²) in [5.74, 6) is -0.343. The number of aliphatic hydroxyl groups excluding tert-OH is 1. The Morgan fingerprint density at radius 1 is 1.22 bits per heavy atom. The summed E-state index contributed by atoms with van der Waals surface area (Å²) in [5.41, 5.74) is 0. The van der Waals surface area contributed by atoms with Gasteiger partial charge in [-0.2, -0.15) is 0 Å². The Kier molecular flexibility index (Phi) is 12.0. The van der Waals surface area contributed by atoms with E-state index < -0.39 is 0 Å². The van der Waals surface area contributed by atoms with E-state index in [9.17, 15) is 4.79 Å². The number of carbonyl (C=O) groups is 1. The molecule has 0 aromatic heterocycles. The average Bonchev–Trinajstić information content (AvgIpc) is 2.40. The van der Waals surface area contributed by atoms with Crippen LogP contribution in [0.2, 0.25) is 0 Å². The second-order valence-electron chi connectivity index (χ2n) is 4.32. The van der Waals surface area contributed by atoms with Gasteiger partial charge >= 0.3 is 5.97 Å². The van der Waals surface area contributed by atoms with Crippen molar-refractivity contribution in [3.8, 4) is 0 Å². The maximum absolute atomic E-state index is 10.7. The average molecular weight is 258 g/mol. The summed E-state index contributed by atoms with van der Waals surface area (Å²) in [5, 5.41) is 8.92. The number of hydrogen-bond acceptors (Lipinski definition) is 4. The first-order valence-corrected chi connectivity index (χ1v) is 6.67. The summed E-state index contributed by atoms with van der Waals surface area (Å²) in [4.78, 5) is 10.7. The molecule has 0 saturated carbocycles. The second-order valence-corrected chi connectivity index (χ2v) is 4.32. The lowest BCUT2D eigenvalue weighted by atomic mass is 10.1. The maximum atomic E-state index is 10.7. The van der Waals surface area contributed by atoms with Crippen LogP contribution in [-0.4, -0.2) is 37.5 Å². The van der Waals surface area contributed by atoms with Crippen LogP contribution < -0.4 is 0 Å². The molecule has 0 aromatic rings. The summed E-state index contributed by atoms with van der Waals surface area (Å²) < 4.78 is 9.96. The van der Waals surface area contributed by atoms with E-state index >= 15 is 0 Å². The van der Waals surface area contributed by atoms with Gasteiger partial charge in [-0.25, -0.2) is 4.79 Å². The highest BCUT2D eigenvalue weighted by Crippen LogP contribution is 2.10. The van der Waals surface area contributed by atoms with E-state index in [1.165, 1.54) is 12.5 Å².